The van der Waals surface area contributed by atoms with Gasteiger partial charge in [0.2, 0.25) is 11.8 Å². The average Bonchev–Trinajstić information content (AvgIpc) is 3.38. The molecule has 4 nitrogen and oxygen atoms in total. The largest absolute Gasteiger partial charge is 0.325 e. The SMILES string of the molecule is CCc1cccc(C)c1NC(=O)C1(C(=O)Nc2cccc(C)c2)CC1. The van der Waals surface area contributed by atoms with Gasteiger partial charge in [0.15, 0.2) is 0 Å². The highest BCUT2D eigenvalue weighted by atomic mass is 16.2. The Balaban J connectivity index is 1.77. The molecule has 0 radical (unpaired) electrons. The first-order valence-corrected chi connectivity index (χ1v) is 8.74. The van der Waals surface area contributed by atoms with Gasteiger partial charge in [-0.1, -0.05) is 37.3 Å². The van der Waals surface area contributed by atoms with Gasteiger partial charge in [-0.15, -0.1) is 0 Å². The molecule has 0 spiro atoms. The molecule has 1 aliphatic carbocycles. The van der Waals surface area contributed by atoms with Gasteiger partial charge in [0.05, 0.1) is 0 Å². The Morgan fingerprint density at radius 2 is 1.68 bits per heavy atom. The molecule has 0 aromatic heterocycles. The highest BCUT2D eigenvalue weighted by Crippen LogP contribution is 2.47. The summed E-state index contributed by atoms with van der Waals surface area (Å²) in [7, 11) is 0. The van der Waals surface area contributed by atoms with Crippen LogP contribution >= 0.6 is 0 Å². The molecule has 0 atom stereocenters. The minimum absolute atomic E-state index is 0.207. The van der Waals surface area contributed by atoms with E-state index in [1.165, 1.54) is 0 Å². The van der Waals surface area contributed by atoms with Gasteiger partial charge < -0.3 is 10.6 Å². The predicted molar refractivity (Wildman–Crippen MR) is 101 cm³/mol. The first-order valence-electron chi connectivity index (χ1n) is 8.74. The Bertz CT molecular complexity index is 822. The molecule has 3 rings (SSSR count). The summed E-state index contributed by atoms with van der Waals surface area (Å²) in [5.74, 6) is -0.427. The lowest BCUT2D eigenvalue weighted by Crippen LogP contribution is -2.36. The van der Waals surface area contributed by atoms with Gasteiger partial charge in [0.1, 0.15) is 5.41 Å². The smallest absolute Gasteiger partial charge is 0.240 e. The number of hydrogen-bond acceptors (Lipinski definition) is 2. The van der Waals surface area contributed by atoms with E-state index in [-0.39, 0.29) is 11.8 Å². The third kappa shape index (κ3) is 3.43. The first kappa shape index (κ1) is 17.2. The van der Waals surface area contributed by atoms with Crippen molar-refractivity contribution >= 4 is 23.2 Å². The van der Waals surface area contributed by atoms with Crippen LogP contribution in [0, 0.1) is 19.3 Å². The number of benzene rings is 2. The van der Waals surface area contributed by atoms with Crippen molar-refractivity contribution in [3.05, 3.63) is 59.2 Å². The van der Waals surface area contributed by atoms with Gasteiger partial charge in [-0.3, -0.25) is 9.59 Å². The van der Waals surface area contributed by atoms with Crippen LogP contribution in [0.5, 0.6) is 0 Å². The maximum absolute atomic E-state index is 12.8. The maximum atomic E-state index is 12.8. The monoisotopic (exact) mass is 336 g/mol. The number of carbonyl (C=O) groups excluding carboxylic acids is 2. The van der Waals surface area contributed by atoms with Crippen molar-refractivity contribution in [1.82, 2.24) is 0 Å². The third-order valence-electron chi connectivity index (χ3n) is 4.87. The molecule has 2 N–H and O–H groups in total. The van der Waals surface area contributed by atoms with E-state index in [0.717, 1.165) is 34.5 Å². The standard InChI is InChI=1S/C21H24N2O2/c1-4-16-9-6-8-15(3)18(16)23-20(25)21(11-12-21)19(24)22-17-10-5-7-14(2)13-17/h5-10,13H,4,11-12H2,1-3H3,(H,22,24)(H,23,25). The number of rotatable bonds is 5. The molecule has 1 saturated carbocycles. The van der Waals surface area contributed by atoms with E-state index in [1.807, 2.05) is 56.3 Å². The molecule has 25 heavy (non-hydrogen) atoms. The van der Waals surface area contributed by atoms with E-state index in [2.05, 4.69) is 17.6 Å². The van der Waals surface area contributed by atoms with Gasteiger partial charge in [-0.05, 0) is 61.9 Å². The molecule has 0 heterocycles. The zero-order valence-electron chi connectivity index (χ0n) is 15.0. The summed E-state index contributed by atoms with van der Waals surface area (Å²) in [5, 5.41) is 5.91. The third-order valence-corrected chi connectivity index (χ3v) is 4.87. The van der Waals surface area contributed by atoms with E-state index in [4.69, 9.17) is 0 Å². The lowest BCUT2D eigenvalue weighted by molar-refractivity contribution is -0.131. The highest BCUT2D eigenvalue weighted by Gasteiger charge is 2.56. The summed E-state index contributed by atoms with van der Waals surface area (Å²) in [4.78, 5) is 25.6. The second-order valence-corrected chi connectivity index (χ2v) is 6.82. The molecule has 4 heteroatoms. The van der Waals surface area contributed by atoms with Crippen molar-refractivity contribution in [3.8, 4) is 0 Å². The minimum atomic E-state index is -0.947. The van der Waals surface area contributed by atoms with Crippen molar-refractivity contribution in [2.75, 3.05) is 10.6 Å². The van der Waals surface area contributed by atoms with Gasteiger partial charge in [0, 0.05) is 11.4 Å². The Kier molecular flexibility index (Phi) is 4.62. The van der Waals surface area contributed by atoms with E-state index in [9.17, 15) is 9.59 Å². The number of hydrogen-bond donors (Lipinski definition) is 2. The minimum Gasteiger partial charge on any atom is -0.325 e. The van der Waals surface area contributed by atoms with E-state index in [0.29, 0.717) is 12.8 Å². The molecule has 1 aliphatic rings. The molecule has 130 valence electrons. The van der Waals surface area contributed by atoms with Crippen LogP contribution in [0.3, 0.4) is 0 Å². The molecular weight excluding hydrogens is 312 g/mol. The van der Waals surface area contributed by atoms with Gasteiger partial charge >= 0.3 is 0 Å². The zero-order valence-corrected chi connectivity index (χ0v) is 15.0. The number of amides is 2. The quantitative estimate of drug-likeness (QED) is 0.803. The topological polar surface area (TPSA) is 58.2 Å². The summed E-state index contributed by atoms with van der Waals surface area (Å²) >= 11 is 0. The van der Waals surface area contributed by atoms with Gasteiger partial charge in [-0.2, -0.15) is 0 Å². The molecule has 2 amide bonds. The second-order valence-electron chi connectivity index (χ2n) is 6.82. The fraction of sp³-hybridized carbons (Fsp3) is 0.333. The Labute approximate surface area is 148 Å². The van der Waals surface area contributed by atoms with E-state index in [1.54, 1.807) is 0 Å². The van der Waals surface area contributed by atoms with Crippen molar-refractivity contribution in [1.29, 1.82) is 0 Å². The Morgan fingerprint density at radius 1 is 1.00 bits per heavy atom. The van der Waals surface area contributed by atoms with Crippen LogP contribution in [0.2, 0.25) is 0 Å². The predicted octanol–water partition coefficient (Wildman–Crippen LogP) is 4.22. The highest BCUT2D eigenvalue weighted by molar-refractivity contribution is 6.17. The summed E-state index contributed by atoms with van der Waals surface area (Å²) in [6.07, 6.45) is 2.01. The normalized spacial score (nSPS) is 14.7. The average molecular weight is 336 g/mol. The Hall–Kier alpha value is -2.62. The van der Waals surface area contributed by atoms with Crippen LogP contribution in [0.25, 0.3) is 0 Å². The Morgan fingerprint density at radius 3 is 2.32 bits per heavy atom. The van der Waals surface area contributed by atoms with Crippen LogP contribution in [0.15, 0.2) is 42.5 Å². The van der Waals surface area contributed by atoms with E-state index < -0.39 is 5.41 Å². The maximum Gasteiger partial charge on any atom is 0.240 e. The molecule has 0 unspecified atom stereocenters. The van der Waals surface area contributed by atoms with Crippen molar-refractivity contribution in [2.24, 2.45) is 5.41 Å². The summed E-state index contributed by atoms with van der Waals surface area (Å²) in [6.45, 7) is 6.00. The molecule has 1 fully saturated rings. The van der Waals surface area contributed by atoms with Crippen LogP contribution < -0.4 is 10.6 Å². The van der Waals surface area contributed by atoms with Crippen molar-refractivity contribution in [2.45, 2.75) is 40.0 Å². The zero-order chi connectivity index (χ0) is 18.0. The summed E-state index contributed by atoms with van der Waals surface area (Å²) < 4.78 is 0. The summed E-state index contributed by atoms with van der Waals surface area (Å²) in [6, 6.07) is 13.6. The molecular formula is C21H24N2O2. The van der Waals surface area contributed by atoms with Gasteiger partial charge in [0.25, 0.3) is 0 Å². The van der Waals surface area contributed by atoms with Crippen LogP contribution in [-0.4, -0.2) is 11.8 Å². The number of aryl methyl sites for hydroxylation is 3. The lowest BCUT2D eigenvalue weighted by atomic mass is 10.0. The van der Waals surface area contributed by atoms with Crippen molar-refractivity contribution in [3.63, 3.8) is 0 Å². The molecule has 0 saturated heterocycles. The number of carbonyl (C=O) groups is 2. The molecule has 2 aromatic rings. The second kappa shape index (κ2) is 6.71. The number of nitrogens with one attached hydrogen (secondary N) is 2. The van der Waals surface area contributed by atoms with Crippen LogP contribution in [0.1, 0.15) is 36.5 Å². The van der Waals surface area contributed by atoms with Crippen LogP contribution in [-0.2, 0) is 16.0 Å². The number of para-hydroxylation sites is 1. The summed E-state index contributed by atoms with van der Waals surface area (Å²) in [5.41, 5.74) is 3.79. The molecule has 2 aromatic carbocycles. The fourth-order valence-electron chi connectivity index (χ4n) is 3.09. The van der Waals surface area contributed by atoms with Crippen molar-refractivity contribution < 1.29 is 9.59 Å². The molecule has 0 bridgehead atoms. The number of anilines is 2. The fourth-order valence-corrected chi connectivity index (χ4v) is 3.09. The first-order chi connectivity index (χ1) is 12.0. The lowest BCUT2D eigenvalue weighted by Gasteiger charge is -2.18. The van der Waals surface area contributed by atoms with Gasteiger partial charge in [-0.25, -0.2) is 0 Å². The van der Waals surface area contributed by atoms with E-state index >= 15 is 0 Å². The molecule has 0 aliphatic heterocycles. The van der Waals surface area contributed by atoms with Crippen LogP contribution in [0.4, 0.5) is 11.4 Å².